The molecule has 0 spiro atoms. The molecule has 2 unspecified atom stereocenters. The van der Waals surface area contributed by atoms with Crippen LogP contribution in [-0.4, -0.2) is 35.4 Å². The zero-order valence-corrected chi connectivity index (χ0v) is 13.7. The molecule has 4 nitrogen and oxygen atoms in total. The number of pyridine rings is 1. The predicted octanol–water partition coefficient (Wildman–Crippen LogP) is 3.02. The van der Waals surface area contributed by atoms with Crippen LogP contribution in [0.4, 0.5) is 0 Å². The minimum atomic E-state index is -0.00637. The molecule has 1 amide bonds. The number of nitrogens with one attached hydrogen (secondary N) is 1. The van der Waals surface area contributed by atoms with E-state index < -0.39 is 0 Å². The molecule has 120 valence electrons. The summed E-state index contributed by atoms with van der Waals surface area (Å²) in [6, 6.07) is 12.3. The Balaban J connectivity index is 1.72. The molecule has 0 radical (unpaired) electrons. The minimum Gasteiger partial charge on any atom is -0.348 e. The Morgan fingerprint density at radius 3 is 2.83 bits per heavy atom. The van der Waals surface area contributed by atoms with Gasteiger partial charge in [-0.2, -0.15) is 0 Å². The number of carbonyl (C=O) groups is 1. The van der Waals surface area contributed by atoms with Crippen molar-refractivity contribution in [3.05, 3.63) is 54.4 Å². The van der Waals surface area contributed by atoms with Crippen LogP contribution in [0, 0.1) is 0 Å². The van der Waals surface area contributed by atoms with Gasteiger partial charge in [0.15, 0.2) is 0 Å². The van der Waals surface area contributed by atoms with Gasteiger partial charge in [-0.3, -0.25) is 14.7 Å². The van der Waals surface area contributed by atoms with Crippen molar-refractivity contribution >= 4 is 5.91 Å². The molecule has 1 aliphatic rings. The first kappa shape index (κ1) is 15.7. The number of aromatic nitrogens is 1. The summed E-state index contributed by atoms with van der Waals surface area (Å²) in [6.07, 6.45) is 5.67. The summed E-state index contributed by atoms with van der Waals surface area (Å²) >= 11 is 0. The molecule has 1 aliphatic heterocycles. The van der Waals surface area contributed by atoms with Gasteiger partial charge in [0.1, 0.15) is 0 Å². The van der Waals surface area contributed by atoms with Gasteiger partial charge in [-0.15, -0.1) is 0 Å². The van der Waals surface area contributed by atoms with Crippen molar-refractivity contribution in [2.75, 3.05) is 13.6 Å². The molecule has 2 atom stereocenters. The molecule has 1 saturated heterocycles. The Morgan fingerprint density at radius 1 is 1.30 bits per heavy atom. The fourth-order valence-electron chi connectivity index (χ4n) is 3.16. The first-order valence-electron chi connectivity index (χ1n) is 8.16. The monoisotopic (exact) mass is 309 g/mol. The quantitative estimate of drug-likeness (QED) is 0.944. The number of carbonyl (C=O) groups excluding carboxylic acids is 1. The molecule has 4 heteroatoms. The van der Waals surface area contributed by atoms with Crippen LogP contribution in [0.1, 0.15) is 31.4 Å². The van der Waals surface area contributed by atoms with Gasteiger partial charge in [0, 0.05) is 12.4 Å². The lowest BCUT2D eigenvalue weighted by atomic mass is 10.0. The third-order valence-corrected chi connectivity index (χ3v) is 4.56. The number of benzene rings is 1. The molecule has 2 aromatic rings. The Labute approximate surface area is 137 Å². The molecule has 1 fully saturated rings. The second-order valence-electron chi connectivity index (χ2n) is 6.24. The number of amides is 1. The van der Waals surface area contributed by atoms with Crippen LogP contribution in [0.3, 0.4) is 0 Å². The summed E-state index contributed by atoms with van der Waals surface area (Å²) in [5, 5.41) is 3.15. The molecular weight excluding hydrogens is 286 g/mol. The first-order chi connectivity index (χ1) is 11.1. The predicted molar refractivity (Wildman–Crippen MR) is 91.9 cm³/mol. The molecule has 0 saturated carbocycles. The van der Waals surface area contributed by atoms with E-state index in [1.165, 1.54) is 0 Å². The first-order valence-corrected chi connectivity index (χ1v) is 8.16. The third-order valence-electron chi connectivity index (χ3n) is 4.56. The lowest BCUT2D eigenvalue weighted by Crippen LogP contribution is -2.42. The van der Waals surface area contributed by atoms with E-state index in [4.69, 9.17) is 0 Å². The highest BCUT2D eigenvalue weighted by molar-refractivity contribution is 5.82. The molecule has 0 bridgehead atoms. The Bertz CT molecular complexity index is 671. The van der Waals surface area contributed by atoms with E-state index >= 15 is 0 Å². The summed E-state index contributed by atoms with van der Waals surface area (Å²) < 4.78 is 0. The van der Waals surface area contributed by atoms with Crippen molar-refractivity contribution in [2.45, 2.75) is 31.8 Å². The number of likely N-dealkylation sites (tertiary alicyclic amines) is 1. The van der Waals surface area contributed by atoms with Crippen LogP contribution >= 0.6 is 0 Å². The fourth-order valence-corrected chi connectivity index (χ4v) is 3.16. The topological polar surface area (TPSA) is 45.2 Å². The standard InChI is InChI=1S/C19H23N3O/c1-14(21-19(23)18-9-5-11-22(18)2)15-6-3-7-16(12-15)17-8-4-10-20-13-17/h3-4,6-8,10,12-14,18H,5,9,11H2,1-2H3,(H,21,23). The second-order valence-corrected chi connectivity index (χ2v) is 6.24. The van der Waals surface area contributed by atoms with Gasteiger partial charge in [-0.05, 0) is 62.2 Å². The van der Waals surface area contributed by atoms with Gasteiger partial charge in [-0.25, -0.2) is 0 Å². The van der Waals surface area contributed by atoms with Crippen molar-refractivity contribution in [3.8, 4) is 11.1 Å². The Kier molecular flexibility index (Phi) is 4.72. The highest BCUT2D eigenvalue weighted by Crippen LogP contribution is 2.23. The number of hydrogen-bond acceptors (Lipinski definition) is 3. The van der Waals surface area contributed by atoms with E-state index in [1.54, 1.807) is 6.20 Å². The SMILES string of the molecule is CC(NC(=O)C1CCCN1C)c1cccc(-c2cccnc2)c1. The van der Waals surface area contributed by atoms with Gasteiger partial charge in [0.25, 0.3) is 0 Å². The molecule has 1 aromatic heterocycles. The van der Waals surface area contributed by atoms with Crippen LogP contribution < -0.4 is 5.32 Å². The van der Waals surface area contributed by atoms with E-state index in [1.807, 2.05) is 38.4 Å². The molecule has 1 N–H and O–H groups in total. The van der Waals surface area contributed by atoms with Crippen molar-refractivity contribution in [1.29, 1.82) is 0 Å². The van der Waals surface area contributed by atoms with Gasteiger partial charge < -0.3 is 5.32 Å². The molecule has 1 aromatic carbocycles. The molecular formula is C19H23N3O. The van der Waals surface area contributed by atoms with Crippen molar-refractivity contribution in [1.82, 2.24) is 15.2 Å². The van der Waals surface area contributed by atoms with Gasteiger partial charge >= 0.3 is 0 Å². The number of nitrogens with zero attached hydrogens (tertiary/aromatic N) is 2. The maximum atomic E-state index is 12.4. The summed E-state index contributed by atoms with van der Waals surface area (Å²) in [7, 11) is 2.02. The average Bonchev–Trinajstić information content (AvgIpc) is 3.02. The van der Waals surface area contributed by atoms with Gasteiger partial charge in [0.05, 0.1) is 12.1 Å². The smallest absolute Gasteiger partial charge is 0.237 e. The van der Waals surface area contributed by atoms with E-state index in [0.29, 0.717) is 0 Å². The highest BCUT2D eigenvalue weighted by atomic mass is 16.2. The van der Waals surface area contributed by atoms with Gasteiger partial charge in [-0.1, -0.05) is 24.3 Å². The zero-order chi connectivity index (χ0) is 16.2. The lowest BCUT2D eigenvalue weighted by molar-refractivity contribution is -0.125. The molecule has 2 heterocycles. The van der Waals surface area contributed by atoms with Gasteiger partial charge in [0.2, 0.25) is 5.91 Å². The maximum absolute atomic E-state index is 12.4. The third kappa shape index (κ3) is 3.59. The van der Waals surface area contributed by atoms with E-state index in [9.17, 15) is 4.79 Å². The Hall–Kier alpha value is -2.20. The number of rotatable bonds is 4. The average molecular weight is 309 g/mol. The summed E-state index contributed by atoms with van der Waals surface area (Å²) in [5.41, 5.74) is 3.32. The largest absolute Gasteiger partial charge is 0.348 e. The summed E-state index contributed by atoms with van der Waals surface area (Å²) in [6.45, 7) is 3.04. The van der Waals surface area contributed by atoms with Crippen molar-refractivity contribution < 1.29 is 4.79 Å². The van der Waals surface area contributed by atoms with Crippen molar-refractivity contribution in [3.63, 3.8) is 0 Å². The molecule has 0 aliphatic carbocycles. The molecule has 3 rings (SSSR count). The van der Waals surface area contributed by atoms with Crippen LogP contribution in [-0.2, 0) is 4.79 Å². The maximum Gasteiger partial charge on any atom is 0.237 e. The molecule has 23 heavy (non-hydrogen) atoms. The van der Waals surface area contributed by atoms with Crippen LogP contribution in [0.15, 0.2) is 48.8 Å². The van der Waals surface area contributed by atoms with E-state index in [2.05, 4.69) is 33.4 Å². The minimum absolute atomic E-state index is 0.00637. The van der Waals surface area contributed by atoms with Crippen LogP contribution in [0.25, 0.3) is 11.1 Å². The summed E-state index contributed by atoms with van der Waals surface area (Å²) in [5.74, 6) is 0.129. The second kappa shape index (κ2) is 6.92. The van der Waals surface area contributed by atoms with E-state index in [-0.39, 0.29) is 18.0 Å². The van der Waals surface area contributed by atoms with E-state index in [0.717, 1.165) is 36.1 Å². The van der Waals surface area contributed by atoms with Crippen LogP contribution in [0.2, 0.25) is 0 Å². The fraction of sp³-hybridized carbons (Fsp3) is 0.368. The summed E-state index contributed by atoms with van der Waals surface area (Å²) in [4.78, 5) is 18.7. The zero-order valence-electron chi connectivity index (χ0n) is 13.7. The Morgan fingerprint density at radius 2 is 2.13 bits per heavy atom. The van der Waals surface area contributed by atoms with Crippen molar-refractivity contribution in [2.24, 2.45) is 0 Å². The normalized spacial score (nSPS) is 19.5. The number of likely N-dealkylation sites (N-methyl/N-ethyl adjacent to an activating group) is 1. The lowest BCUT2D eigenvalue weighted by Gasteiger charge is -2.22. The highest BCUT2D eigenvalue weighted by Gasteiger charge is 2.28. The number of hydrogen-bond donors (Lipinski definition) is 1. The van der Waals surface area contributed by atoms with Crippen LogP contribution in [0.5, 0.6) is 0 Å².